The number of hydrogen-bond donors (Lipinski definition) is 3. The quantitative estimate of drug-likeness (QED) is 0.482. The van der Waals surface area contributed by atoms with E-state index in [1.165, 1.54) is 0 Å². The van der Waals surface area contributed by atoms with Crippen LogP contribution in [0.25, 0.3) is 11.3 Å². The highest BCUT2D eigenvalue weighted by Crippen LogP contribution is 2.27. The second-order valence-electron chi connectivity index (χ2n) is 8.12. The third kappa shape index (κ3) is 5.08. The minimum atomic E-state index is -0.456. The van der Waals surface area contributed by atoms with E-state index >= 15 is 0 Å². The Morgan fingerprint density at radius 1 is 1.24 bits per heavy atom. The van der Waals surface area contributed by atoms with Crippen LogP contribution in [0.5, 0.6) is 0 Å². The number of likely N-dealkylation sites (N-methyl/N-ethyl adjacent to an activating group) is 1. The van der Waals surface area contributed by atoms with Gasteiger partial charge >= 0.3 is 0 Å². The van der Waals surface area contributed by atoms with Gasteiger partial charge in [-0.2, -0.15) is 0 Å². The maximum absolute atomic E-state index is 13.1. The molecular weight excluding hydrogens is 434 g/mol. The van der Waals surface area contributed by atoms with E-state index in [-0.39, 0.29) is 24.2 Å². The Morgan fingerprint density at radius 2 is 1.97 bits per heavy atom. The third-order valence-corrected chi connectivity index (χ3v) is 5.91. The molecular formula is C24H29N7O3. The Labute approximate surface area is 198 Å². The fraction of sp³-hybridized carbons (Fsp3) is 0.333. The molecule has 1 atom stereocenters. The van der Waals surface area contributed by atoms with Crippen LogP contribution in [0.3, 0.4) is 0 Å². The number of nitrogens with two attached hydrogens (primary N) is 1. The summed E-state index contributed by atoms with van der Waals surface area (Å²) in [6, 6.07) is 9.52. The lowest BCUT2D eigenvalue weighted by atomic mass is 10.1. The number of nitrogens with one attached hydrogen (secondary N) is 1. The Bertz CT molecular complexity index is 1130. The molecule has 0 radical (unpaired) electrons. The van der Waals surface area contributed by atoms with Gasteiger partial charge in [-0.05, 0) is 25.1 Å². The van der Waals surface area contributed by atoms with Gasteiger partial charge in [0.1, 0.15) is 0 Å². The van der Waals surface area contributed by atoms with Gasteiger partial charge in [-0.15, -0.1) is 0 Å². The lowest BCUT2D eigenvalue weighted by molar-refractivity contribution is 0.102. The number of benzene rings is 1. The number of carbonyl (C=O) groups excluding carboxylic acids is 1. The molecule has 3 heterocycles. The second-order valence-corrected chi connectivity index (χ2v) is 8.12. The van der Waals surface area contributed by atoms with Crippen molar-refractivity contribution in [1.82, 2.24) is 15.0 Å². The molecule has 1 amide bonds. The molecule has 0 saturated carbocycles. The molecule has 1 aliphatic rings. The number of anilines is 4. The highest BCUT2D eigenvalue weighted by atomic mass is 16.5. The highest BCUT2D eigenvalue weighted by molar-refractivity contribution is 6.07. The summed E-state index contributed by atoms with van der Waals surface area (Å²) in [4.78, 5) is 30.1. The molecule has 1 aliphatic heterocycles. The number of aromatic nitrogens is 3. The number of rotatable bonds is 7. The summed E-state index contributed by atoms with van der Waals surface area (Å²) in [5, 5.41) is 12.3. The monoisotopic (exact) mass is 463 g/mol. The van der Waals surface area contributed by atoms with E-state index in [2.05, 4.69) is 25.2 Å². The second kappa shape index (κ2) is 10.4. The predicted octanol–water partition coefficient (Wildman–Crippen LogP) is 2.03. The van der Waals surface area contributed by atoms with E-state index in [0.29, 0.717) is 24.6 Å². The number of hydrogen-bond acceptors (Lipinski definition) is 9. The average molecular weight is 464 g/mol. The van der Waals surface area contributed by atoms with E-state index in [1.807, 2.05) is 49.2 Å². The summed E-state index contributed by atoms with van der Waals surface area (Å²) in [5.41, 5.74) is 9.78. The van der Waals surface area contributed by atoms with E-state index < -0.39 is 5.91 Å². The highest BCUT2D eigenvalue weighted by Gasteiger charge is 2.20. The van der Waals surface area contributed by atoms with Crippen LogP contribution >= 0.6 is 0 Å². The van der Waals surface area contributed by atoms with Gasteiger partial charge in [-0.1, -0.05) is 12.1 Å². The van der Waals surface area contributed by atoms with Crippen LogP contribution in [0.4, 0.5) is 22.9 Å². The van der Waals surface area contributed by atoms with Gasteiger partial charge in [-0.25, -0.2) is 9.97 Å². The normalized spacial score (nSPS) is 14.5. The number of carbonyl (C=O) groups is 1. The number of amides is 1. The van der Waals surface area contributed by atoms with Crippen LogP contribution in [-0.2, 0) is 4.74 Å². The van der Waals surface area contributed by atoms with Gasteiger partial charge in [0.25, 0.3) is 5.91 Å². The van der Waals surface area contributed by atoms with Gasteiger partial charge in [0, 0.05) is 43.6 Å². The molecule has 1 saturated heterocycles. The molecule has 178 valence electrons. The molecule has 10 heteroatoms. The van der Waals surface area contributed by atoms with Crippen molar-refractivity contribution in [2.24, 2.45) is 0 Å². The zero-order valence-corrected chi connectivity index (χ0v) is 19.3. The fourth-order valence-electron chi connectivity index (χ4n) is 3.69. The molecule has 3 aromatic rings. The molecule has 4 N–H and O–H groups in total. The Kier molecular flexibility index (Phi) is 7.19. The van der Waals surface area contributed by atoms with Gasteiger partial charge in [-0.3, -0.25) is 9.78 Å². The Morgan fingerprint density at radius 3 is 2.68 bits per heavy atom. The summed E-state index contributed by atoms with van der Waals surface area (Å²) < 4.78 is 5.43. The molecule has 0 spiro atoms. The summed E-state index contributed by atoms with van der Waals surface area (Å²) in [6.07, 6.45) is 4.85. The smallest absolute Gasteiger partial charge is 0.278 e. The summed E-state index contributed by atoms with van der Waals surface area (Å²) in [6.45, 7) is 4.72. The number of nitrogen functional groups attached to an aromatic ring is 1. The molecule has 1 fully saturated rings. The van der Waals surface area contributed by atoms with Gasteiger partial charge in [0.15, 0.2) is 11.5 Å². The topological polar surface area (TPSA) is 130 Å². The number of aliphatic hydroxyl groups is 1. The molecule has 2 aromatic heterocycles. The van der Waals surface area contributed by atoms with Gasteiger partial charge in [0.2, 0.25) is 0 Å². The van der Waals surface area contributed by atoms with Crippen molar-refractivity contribution in [2.75, 3.05) is 60.8 Å². The number of nitrogens with zero attached hydrogens (tertiary/aromatic N) is 5. The van der Waals surface area contributed by atoms with E-state index in [0.717, 1.165) is 30.0 Å². The van der Waals surface area contributed by atoms with Gasteiger partial charge in [0.05, 0.1) is 49.3 Å². The minimum Gasteiger partial charge on any atom is -0.394 e. The standard InChI is InChI=1S/C24H29N7O3/c1-16(15-32)30(2)18-5-3-17(4-6-18)19-14-27-23(25)22(28-19)24(33)29-20-13-26-8-7-21(20)31-9-11-34-12-10-31/h3-8,13-14,16,32H,9-12,15H2,1-2H3,(H2,25,27)(H,29,33)/t16-/m0/s1. The van der Waals surface area contributed by atoms with E-state index in [4.69, 9.17) is 10.5 Å². The fourth-order valence-corrected chi connectivity index (χ4v) is 3.69. The van der Waals surface area contributed by atoms with Crippen molar-refractivity contribution in [2.45, 2.75) is 13.0 Å². The lowest BCUT2D eigenvalue weighted by Gasteiger charge is -2.30. The first-order valence-electron chi connectivity index (χ1n) is 11.1. The zero-order valence-electron chi connectivity index (χ0n) is 19.3. The van der Waals surface area contributed by atoms with Crippen LogP contribution in [0.1, 0.15) is 17.4 Å². The maximum atomic E-state index is 13.1. The molecule has 4 rings (SSSR count). The van der Waals surface area contributed by atoms with Crippen LogP contribution in [0, 0.1) is 0 Å². The largest absolute Gasteiger partial charge is 0.394 e. The molecule has 34 heavy (non-hydrogen) atoms. The van der Waals surface area contributed by atoms with Crippen molar-refractivity contribution in [3.63, 3.8) is 0 Å². The van der Waals surface area contributed by atoms with Gasteiger partial charge < -0.3 is 30.7 Å². The van der Waals surface area contributed by atoms with Crippen LogP contribution in [0.15, 0.2) is 48.9 Å². The van der Waals surface area contributed by atoms with E-state index in [1.54, 1.807) is 18.6 Å². The number of aliphatic hydroxyl groups excluding tert-OH is 1. The summed E-state index contributed by atoms with van der Waals surface area (Å²) in [7, 11) is 1.92. The van der Waals surface area contributed by atoms with Crippen molar-refractivity contribution in [3.05, 3.63) is 54.6 Å². The zero-order chi connectivity index (χ0) is 24.1. The predicted molar refractivity (Wildman–Crippen MR) is 132 cm³/mol. The van der Waals surface area contributed by atoms with E-state index in [9.17, 15) is 9.90 Å². The van der Waals surface area contributed by atoms with Crippen molar-refractivity contribution in [3.8, 4) is 11.3 Å². The first-order chi connectivity index (χ1) is 16.5. The summed E-state index contributed by atoms with van der Waals surface area (Å²) in [5.74, 6) is -0.409. The SMILES string of the molecule is C[C@@H](CO)N(C)c1ccc(-c2cnc(N)c(C(=O)Nc3cnccc3N3CCOCC3)n2)cc1. The van der Waals surface area contributed by atoms with Crippen molar-refractivity contribution >= 4 is 28.8 Å². The molecule has 0 bridgehead atoms. The average Bonchev–Trinajstić information content (AvgIpc) is 2.89. The molecule has 10 nitrogen and oxygen atoms in total. The molecule has 0 aliphatic carbocycles. The van der Waals surface area contributed by atoms with Crippen molar-refractivity contribution in [1.29, 1.82) is 0 Å². The maximum Gasteiger partial charge on any atom is 0.278 e. The first kappa shape index (κ1) is 23.4. The number of morpholine rings is 1. The number of ether oxygens (including phenoxy) is 1. The lowest BCUT2D eigenvalue weighted by Crippen LogP contribution is -2.36. The third-order valence-electron chi connectivity index (χ3n) is 5.91. The van der Waals surface area contributed by atoms with Crippen LogP contribution in [-0.4, -0.2) is 72.0 Å². The first-order valence-corrected chi connectivity index (χ1v) is 11.1. The van der Waals surface area contributed by atoms with Crippen LogP contribution in [0.2, 0.25) is 0 Å². The molecule has 0 unspecified atom stereocenters. The van der Waals surface area contributed by atoms with Crippen LogP contribution < -0.4 is 20.9 Å². The Hall–Kier alpha value is -3.76. The summed E-state index contributed by atoms with van der Waals surface area (Å²) >= 11 is 0. The number of pyridine rings is 1. The Balaban J connectivity index is 1.56. The van der Waals surface area contributed by atoms with Crippen molar-refractivity contribution < 1.29 is 14.6 Å². The molecule has 1 aromatic carbocycles. The minimum absolute atomic E-state index is 0.00714.